The van der Waals surface area contributed by atoms with Crippen molar-refractivity contribution in [2.75, 3.05) is 5.75 Å². The minimum atomic E-state index is 0.0791. The first-order chi connectivity index (χ1) is 6.77. The number of rotatable bonds is 5. The second-order valence-electron chi connectivity index (χ2n) is 3.53. The average Bonchev–Trinajstić information content (AvgIpc) is 2.20. The first-order valence-corrected chi connectivity index (χ1v) is 5.67. The van der Waals surface area contributed by atoms with Gasteiger partial charge in [-0.15, -0.1) is 0 Å². The highest BCUT2D eigenvalue weighted by Crippen LogP contribution is 2.09. The summed E-state index contributed by atoms with van der Waals surface area (Å²) in [6, 6.07) is 5.26. The molecule has 1 unspecified atom stereocenters. The molecule has 0 aliphatic carbocycles. The first-order valence-electron chi connectivity index (χ1n) is 5.04. The molecule has 0 saturated carbocycles. The van der Waals surface area contributed by atoms with Crippen LogP contribution < -0.4 is 5.56 Å². The summed E-state index contributed by atoms with van der Waals surface area (Å²) in [6.45, 7) is 2.95. The number of nitrogens with zero attached hydrogens (tertiary/aromatic N) is 1. The molecule has 2 nitrogen and oxygen atoms in total. The van der Waals surface area contributed by atoms with Crippen molar-refractivity contribution in [2.45, 2.75) is 26.3 Å². The number of pyridine rings is 1. The van der Waals surface area contributed by atoms with Gasteiger partial charge in [0.1, 0.15) is 0 Å². The van der Waals surface area contributed by atoms with E-state index in [0.717, 1.165) is 25.1 Å². The lowest BCUT2D eigenvalue weighted by Gasteiger charge is -2.14. The van der Waals surface area contributed by atoms with Crippen molar-refractivity contribution >= 4 is 12.6 Å². The van der Waals surface area contributed by atoms with Crippen molar-refractivity contribution in [1.82, 2.24) is 4.57 Å². The summed E-state index contributed by atoms with van der Waals surface area (Å²) < 4.78 is 1.76. The molecular weight excluding hydrogens is 194 g/mol. The van der Waals surface area contributed by atoms with E-state index in [2.05, 4.69) is 19.6 Å². The average molecular weight is 211 g/mol. The number of hydrogen-bond donors (Lipinski definition) is 1. The van der Waals surface area contributed by atoms with Crippen LogP contribution in [0.2, 0.25) is 0 Å². The minimum Gasteiger partial charge on any atom is -0.315 e. The van der Waals surface area contributed by atoms with Crippen molar-refractivity contribution < 1.29 is 0 Å². The molecule has 0 saturated heterocycles. The molecule has 1 atom stereocenters. The van der Waals surface area contributed by atoms with E-state index in [1.807, 2.05) is 12.3 Å². The summed E-state index contributed by atoms with van der Waals surface area (Å²) in [4.78, 5) is 11.4. The zero-order valence-corrected chi connectivity index (χ0v) is 9.41. The first kappa shape index (κ1) is 11.4. The molecule has 1 aromatic rings. The molecule has 78 valence electrons. The van der Waals surface area contributed by atoms with Crippen LogP contribution in [0.3, 0.4) is 0 Å². The number of thiol groups is 1. The van der Waals surface area contributed by atoms with Gasteiger partial charge in [0.2, 0.25) is 0 Å². The summed E-state index contributed by atoms with van der Waals surface area (Å²) in [5.74, 6) is 1.35. The summed E-state index contributed by atoms with van der Waals surface area (Å²) in [6.07, 6.45) is 4.12. The molecule has 0 aromatic carbocycles. The molecule has 0 amide bonds. The molecule has 0 aliphatic rings. The minimum absolute atomic E-state index is 0.0791. The fraction of sp³-hybridized carbons (Fsp3) is 0.545. The molecule has 1 rings (SSSR count). The van der Waals surface area contributed by atoms with Crippen molar-refractivity contribution in [3.8, 4) is 0 Å². The molecule has 0 radical (unpaired) electrons. The molecule has 0 aliphatic heterocycles. The van der Waals surface area contributed by atoms with Gasteiger partial charge in [0.05, 0.1) is 0 Å². The maximum absolute atomic E-state index is 11.4. The predicted octanol–water partition coefficient (Wildman–Crippen LogP) is 2.19. The maximum Gasteiger partial charge on any atom is 0.250 e. The van der Waals surface area contributed by atoms with Crippen molar-refractivity contribution in [3.05, 3.63) is 34.7 Å². The normalized spacial score (nSPS) is 12.7. The number of hydrogen-bond acceptors (Lipinski definition) is 2. The third-order valence-electron chi connectivity index (χ3n) is 2.31. The highest BCUT2D eigenvalue weighted by molar-refractivity contribution is 7.80. The van der Waals surface area contributed by atoms with Gasteiger partial charge in [-0.2, -0.15) is 12.6 Å². The zero-order chi connectivity index (χ0) is 10.4. The zero-order valence-electron chi connectivity index (χ0n) is 8.52. The maximum atomic E-state index is 11.4. The van der Waals surface area contributed by atoms with Gasteiger partial charge in [-0.25, -0.2) is 0 Å². The van der Waals surface area contributed by atoms with E-state index in [1.54, 1.807) is 16.7 Å². The third kappa shape index (κ3) is 3.22. The van der Waals surface area contributed by atoms with Gasteiger partial charge >= 0.3 is 0 Å². The van der Waals surface area contributed by atoms with Gasteiger partial charge in [0.25, 0.3) is 5.56 Å². The van der Waals surface area contributed by atoms with Crippen molar-refractivity contribution in [3.63, 3.8) is 0 Å². The molecule has 1 heterocycles. The Hall–Kier alpha value is -0.700. The second kappa shape index (κ2) is 5.91. The fourth-order valence-corrected chi connectivity index (χ4v) is 1.84. The molecule has 0 N–H and O–H groups in total. The van der Waals surface area contributed by atoms with Crippen LogP contribution >= 0.6 is 12.6 Å². The smallest absolute Gasteiger partial charge is 0.250 e. The van der Waals surface area contributed by atoms with Crippen LogP contribution in [0.1, 0.15) is 19.8 Å². The number of aromatic nitrogens is 1. The van der Waals surface area contributed by atoms with Gasteiger partial charge < -0.3 is 4.57 Å². The Balaban J connectivity index is 2.67. The Morgan fingerprint density at radius 2 is 2.29 bits per heavy atom. The lowest BCUT2D eigenvalue weighted by molar-refractivity contribution is 0.446. The topological polar surface area (TPSA) is 22.0 Å². The standard InChI is InChI=1S/C11H17NOS/c1-2-5-10(9-14)8-12-7-4-3-6-11(12)13/h3-4,6-7,10,14H,2,5,8-9H2,1H3. The van der Waals surface area contributed by atoms with Gasteiger partial charge in [-0.1, -0.05) is 19.4 Å². The quantitative estimate of drug-likeness (QED) is 0.741. The van der Waals surface area contributed by atoms with Crippen LogP contribution in [0.25, 0.3) is 0 Å². The monoisotopic (exact) mass is 211 g/mol. The van der Waals surface area contributed by atoms with E-state index < -0.39 is 0 Å². The van der Waals surface area contributed by atoms with Crippen LogP contribution in [0, 0.1) is 5.92 Å². The third-order valence-corrected chi connectivity index (χ3v) is 2.83. The molecule has 1 aromatic heterocycles. The summed E-state index contributed by atoms with van der Waals surface area (Å²) in [5, 5.41) is 0. The highest BCUT2D eigenvalue weighted by atomic mass is 32.1. The Bertz CT molecular complexity index is 321. The highest BCUT2D eigenvalue weighted by Gasteiger charge is 2.06. The van der Waals surface area contributed by atoms with Gasteiger partial charge in [-0.05, 0) is 24.2 Å². The van der Waals surface area contributed by atoms with Gasteiger partial charge in [-0.3, -0.25) is 4.79 Å². The van der Waals surface area contributed by atoms with E-state index in [1.165, 1.54) is 0 Å². The van der Waals surface area contributed by atoms with E-state index in [0.29, 0.717) is 5.92 Å². The molecule has 3 heteroatoms. The molecular formula is C11H17NOS. The molecule has 0 spiro atoms. The Kier molecular flexibility index (Phi) is 4.80. The summed E-state index contributed by atoms with van der Waals surface area (Å²) in [5.41, 5.74) is 0.0791. The van der Waals surface area contributed by atoms with Gasteiger partial charge in [0, 0.05) is 18.8 Å². The second-order valence-corrected chi connectivity index (χ2v) is 3.89. The van der Waals surface area contributed by atoms with Crippen LogP contribution in [-0.2, 0) is 6.54 Å². The van der Waals surface area contributed by atoms with E-state index in [-0.39, 0.29) is 5.56 Å². The molecule has 0 fully saturated rings. The van der Waals surface area contributed by atoms with E-state index in [9.17, 15) is 4.79 Å². The van der Waals surface area contributed by atoms with Gasteiger partial charge in [0.15, 0.2) is 0 Å². The largest absolute Gasteiger partial charge is 0.315 e. The predicted molar refractivity (Wildman–Crippen MR) is 63.0 cm³/mol. The van der Waals surface area contributed by atoms with E-state index >= 15 is 0 Å². The van der Waals surface area contributed by atoms with Crippen LogP contribution in [0.4, 0.5) is 0 Å². The van der Waals surface area contributed by atoms with Crippen molar-refractivity contribution in [1.29, 1.82) is 0 Å². The Labute approximate surface area is 90.4 Å². The lowest BCUT2D eigenvalue weighted by Crippen LogP contribution is -2.23. The van der Waals surface area contributed by atoms with Crippen LogP contribution in [0.15, 0.2) is 29.2 Å². The Morgan fingerprint density at radius 3 is 2.86 bits per heavy atom. The molecule has 0 bridgehead atoms. The fourth-order valence-electron chi connectivity index (χ4n) is 1.54. The van der Waals surface area contributed by atoms with E-state index in [4.69, 9.17) is 0 Å². The van der Waals surface area contributed by atoms with Crippen LogP contribution in [0.5, 0.6) is 0 Å². The Morgan fingerprint density at radius 1 is 1.50 bits per heavy atom. The summed E-state index contributed by atoms with van der Waals surface area (Å²) >= 11 is 4.30. The lowest BCUT2D eigenvalue weighted by atomic mass is 10.1. The molecule has 14 heavy (non-hydrogen) atoms. The van der Waals surface area contributed by atoms with Crippen LogP contribution in [-0.4, -0.2) is 10.3 Å². The SMILES string of the molecule is CCCC(CS)Cn1ccccc1=O. The van der Waals surface area contributed by atoms with Crippen molar-refractivity contribution in [2.24, 2.45) is 5.92 Å². The summed E-state index contributed by atoms with van der Waals surface area (Å²) in [7, 11) is 0.